The van der Waals surface area contributed by atoms with Gasteiger partial charge >= 0.3 is 6.18 Å². The van der Waals surface area contributed by atoms with E-state index >= 15 is 0 Å². The van der Waals surface area contributed by atoms with Crippen molar-refractivity contribution in [2.75, 3.05) is 26.2 Å². The lowest BCUT2D eigenvalue weighted by molar-refractivity contribution is -0.139. The fraction of sp³-hybridized carbons (Fsp3) is 0.471. The first kappa shape index (κ1) is 16.8. The molecule has 0 aliphatic carbocycles. The summed E-state index contributed by atoms with van der Waals surface area (Å²) in [5, 5.41) is 3.14. The number of carbonyl (C=O) groups is 1. The van der Waals surface area contributed by atoms with Crippen molar-refractivity contribution in [2.24, 2.45) is 0 Å². The van der Waals surface area contributed by atoms with Crippen LogP contribution in [-0.2, 0) is 4.79 Å². The lowest BCUT2D eigenvalue weighted by atomic mass is 9.89. The van der Waals surface area contributed by atoms with Crippen molar-refractivity contribution in [1.82, 2.24) is 15.2 Å². The van der Waals surface area contributed by atoms with Gasteiger partial charge in [0.05, 0.1) is 6.54 Å². The number of piperidine rings is 1. The lowest BCUT2D eigenvalue weighted by Crippen LogP contribution is -2.43. The highest BCUT2D eigenvalue weighted by atomic mass is 19.4. The van der Waals surface area contributed by atoms with Crippen LogP contribution in [0.25, 0.3) is 10.9 Å². The van der Waals surface area contributed by atoms with E-state index in [4.69, 9.17) is 0 Å². The number of hydrogen-bond donors (Lipinski definition) is 2. The highest BCUT2D eigenvalue weighted by molar-refractivity contribution is 5.83. The molecule has 24 heavy (non-hydrogen) atoms. The molecule has 0 atom stereocenters. The molecule has 4 nitrogen and oxygen atoms in total. The minimum Gasteiger partial charge on any atom is -0.361 e. The molecule has 3 rings (SSSR count). The van der Waals surface area contributed by atoms with Crippen molar-refractivity contribution in [2.45, 2.75) is 24.9 Å². The number of para-hydroxylation sites is 1. The SMILES string of the molecule is O=C(CN1CCC(c2c[nH]c3ccccc23)CC1)NCC(F)(F)F. The predicted molar refractivity (Wildman–Crippen MR) is 85.8 cm³/mol. The van der Waals surface area contributed by atoms with Crippen LogP contribution in [0.3, 0.4) is 0 Å². The van der Waals surface area contributed by atoms with Gasteiger partial charge in [-0.1, -0.05) is 18.2 Å². The standard InChI is InChI=1S/C17H20F3N3O/c18-17(19,20)11-22-16(24)10-23-7-5-12(6-8-23)14-9-21-15-4-2-1-3-13(14)15/h1-4,9,12,21H,5-8,10-11H2,(H,22,24). The summed E-state index contributed by atoms with van der Waals surface area (Å²) in [5.74, 6) is -0.159. The van der Waals surface area contributed by atoms with E-state index in [-0.39, 0.29) is 6.54 Å². The van der Waals surface area contributed by atoms with Crippen molar-refractivity contribution in [3.8, 4) is 0 Å². The molecule has 0 radical (unpaired) electrons. The Kier molecular flexibility index (Phi) is 4.80. The lowest BCUT2D eigenvalue weighted by Gasteiger charge is -2.31. The minimum atomic E-state index is -4.36. The monoisotopic (exact) mass is 339 g/mol. The third kappa shape index (κ3) is 4.08. The summed E-state index contributed by atoms with van der Waals surface area (Å²) in [6.45, 7) is 0.182. The van der Waals surface area contributed by atoms with Crippen LogP contribution in [0.4, 0.5) is 13.2 Å². The molecule has 2 aromatic rings. The average molecular weight is 339 g/mol. The molecule has 7 heteroatoms. The summed E-state index contributed by atoms with van der Waals surface area (Å²) in [7, 11) is 0. The van der Waals surface area contributed by atoms with E-state index < -0.39 is 18.6 Å². The van der Waals surface area contributed by atoms with E-state index in [1.807, 2.05) is 34.6 Å². The van der Waals surface area contributed by atoms with Gasteiger partial charge in [0.1, 0.15) is 6.54 Å². The third-order valence-electron chi connectivity index (χ3n) is 4.50. The van der Waals surface area contributed by atoms with Gasteiger partial charge in [-0.2, -0.15) is 13.2 Å². The van der Waals surface area contributed by atoms with E-state index in [0.29, 0.717) is 19.0 Å². The third-order valence-corrected chi connectivity index (χ3v) is 4.50. The number of alkyl halides is 3. The molecule has 2 N–H and O–H groups in total. The number of halogens is 3. The van der Waals surface area contributed by atoms with E-state index in [1.54, 1.807) is 0 Å². The maximum absolute atomic E-state index is 12.1. The summed E-state index contributed by atoms with van der Waals surface area (Å²) in [6.07, 6.45) is -0.526. The Morgan fingerprint density at radius 3 is 2.67 bits per heavy atom. The molecule has 2 heterocycles. The molecule has 0 saturated carbocycles. The van der Waals surface area contributed by atoms with E-state index in [9.17, 15) is 18.0 Å². The van der Waals surface area contributed by atoms with Crippen molar-refractivity contribution < 1.29 is 18.0 Å². The number of likely N-dealkylation sites (tertiary alicyclic amines) is 1. The molecule has 130 valence electrons. The van der Waals surface area contributed by atoms with Crippen LogP contribution in [0, 0.1) is 0 Å². The Balaban J connectivity index is 1.52. The van der Waals surface area contributed by atoms with Gasteiger partial charge in [-0.3, -0.25) is 9.69 Å². The van der Waals surface area contributed by atoms with Gasteiger partial charge in [-0.25, -0.2) is 0 Å². The number of nitrogens with one attached hydrogen (secondary N) is 2. The number of rotatable bonds is 4. The first-order chi connectivity index (χ1) is 11.4. The second kappa shape index (κ2) is 6.84. The number of aromatic amines is 1. The van der Waals surface area contributed by atoms with Crippen LogP contribution < -0.4 is 5.32 Å². The zero-order valence-electron chi connectivity index (χ0n) is 13.2. The number of carbonyl (C=O) groups excluding carboxylic acids is 1. The molecule has 1 aliphatic rings. The number of fused-ring (bicyclic) bond motifs is 1. The Hall–Kier alpha value is -2.02. The molecule has 1 aromatic heterocycles. The molecule has 1 amide bonds. The van der Waals surface area contributed by atoms with Crippen LogP contribution in [0.1, 0.15) is 24.3 Å². The Morgan fingerprint density at radius 2 is 1.96 bits per heavy atom. The minimum absolute atomic E-state index is 0.0245. The van der Waals surface area contributed by atoms with Crippen molar-refractivity contribution in [1.29, 1.82) is 0 Å². The van der Waals surface area contributed by atoms with Crippen LogP contribution in [-0.4, -0.2) is 48.1 Å². The molecule has 0 bridgehead atoms. The zero-order chi connectivity index (χ0) is 17.2. The smallest absolute Gasteiger partial charge is 0.361 e. The highest BCUT2D eigenvalue weighted by Crippen LogP contribution is 2.32. The Morgan fingerprint density at radius 1 is 1.25 bits per heavy atom. The molecule has 1 fully saturated rings. The number of nitrogens with zero attached hydrogens (tertiary/aromatic N) is 1. The molecule has 1 aromatic carbocycles. The van der Waals surface area contributed by atoms with Gasteiger partial charge < -0.3 is 10.3 Å². The number of aromatic nitrogens is 1. The van der Waals surface area contributed by atoms with Crippen molar-refractivity contribution in [3.63, 3.8) is 0 Å². The molecule has 1 aliphatic heterocycles. The van der Waals surface area contributed by atoms with Crippen LogP contribution >= 0.6 is 0 Å². The number of H-pyrrole nitrogens is 1. The van der Waals surface area contributed by atoms with Crippen molar-refractivity contribution in [3.05, 3.63) is 36.0 Å². The normalized spacial score (nSPS) is 17.3. The van der Waals surface area contributed by atoms with Crippen molar-refractivity contribution >= 4 is 16.8 Å². The average Bonchev–Trinajstić information content (AvgIpc) is 2.97. The number of hydrogen-bond acceptors (Lipinski definition) is 2. The fourth-order valence-electron chi connectivity index (χ4n) is 3.29. The summed E-state index contributed by atoms with van der Waals surface area (Å²) >= 11 is 0. The topological polar surface area (TPSA) is 48.1 Å². The maximum atomic E-state index is 12.1. The molecule has 0 unspecified atom stereocenters. The first-order valence-corrected chi connectivity index (χ1v) is 8.04. The van der Waals surface area contributed by atoms with E-state index in [1.165, 1.54) is 10.9 Å². The quantitative estimate of drug-likeness (QED) is 0.900. The summed E-state index contributed by atoms with van der Waals surface area (Å²) in [6, 6.07) is 8.14. The van der Waals surface area contributed by atoms with Gasteiger partial charge in [0.15, 0.2) is 0 Å². The number of amides is 1. The van der Waals surface area contributed by atoms with Gasteiger partial charge in [0.25, 0.3) is 0 Å². The fourth-order valence-corrected chi connectivity index (χ4v) is 3.29. The summed E-state index contributed by atoms with van der Waals surface area (Å²) in [5.41, 5.74) is 2.40. The van der Waals surface area contributed by atoms with Gasteiger partial charge in [0, 0.05) is 17.1 Å². The highest BCUT2D eigenvalue weighted by Gasteiger charge is 2.29. The van der Waals surface area contributed by atoms with Crippen LogP contribution in [0.2, 0.25) is 0 Å². The van der Waals surface area contributed by atoms with Gasteiger partial charge in [-0.15, -0.1) is 0 Å². The zero-order valence-corrected chi connectivity index (χ0v) is 13.2. The second-order valence-electron chi connectivity index (χ2n) is 6.23. The Bertz CT molecular complexity index is 702. The molecular weight excluding hydrogens is 319 g/mol. The van der Waals surface area contributed by atoms with Crippen LogP contribution in [0.5, 0.6) is 0 Å². The van der Waals surface area contributed by atoms with E-state index in [2.05, 4.69) is 11.1 Å². The van der Waals surface area contributed by atoms with Gasteiger partial charge in [0.2, 0.25) is 5.91 Å². The molecular formula is C17H20F3N3O. The maximum Gasteiger partial charge on any atom is 0.405 e. The van der Waals surface area contributed by atoms with E-state index in [0.717, 1.165) is 18.4 Å². The second-order valence-corrected chi connectivity index (χ2v) is 6.23. The molecule has 1 saturated heterocycles. The summed E-state index contributed by atoms with van der Waals surface area (Å²) < 4.78 is 36.3. The van der Waals surface area contributed by atoms with Gasteiger partial charge in [-0.05, 0) is 43.5 Å². The summed E-state index contributed by atoms with van der Waals surface area (Å²) in [4.78, 5) is 16.8. The molecule has 0 spiro atoms. The predicted octanol–water partition coefficient (Wildman–Crippen LogP) is 3.03. The first-order valence-electron chi connectivity index (χ1n) is 8.04. The number of benzene rings is 1. The van der Waals surface area contributed by atoms with Crippen LogP contribution in [0.15, 0.2) is 30.5 Å². The largest absolute Gasteiger partial charge is 0.405 e. The Labute approximate surface area is 138 Å².